The van der Waals surface area contributed by atoms with Gasteiger partial charge < -0.3 is 10.1 Å². The summed E-state index contributed by atoms with van der Waals surface area (Å²) in [5.41, 5.74) is 1.20. The van der Waals surface area contributed by atoms with Crippen LogP contribution in [0.1, 0.15) is 49.4 Å². The summed E-state index contributed by atoms with van der Waals surface area (Å²) in [6.07, 6.45) is 5.68. The van der Waals surface area contributed by atoms with E-state index < -0.39 is 0 Å². The van der Waals surface area contributed by atoms with E-state index in [4.69, 9.17) is 16.3 Å². The largest absolute Gasteiger partial charge is 0.466 e. The van der Waals surface area contributed by atoms with E-state index >= 15 is 0 Å². The average Bonchev–Trinajstić information content (AvgIpc) is 3.04. The van der Waals surface area contributed by atoms with Crippen LogP contribution in [0, 0.1) is 5.92 Å². The molecular formula is C18H22ClN3O3. The Kier molecular flexibility index (Phi) is 5.58. The molecule has 2 N–H and O–H groups in total. The number of aromatic nitrogens is 2. The molecule has 6 nitrogen and oxygen atoms in total. The van der Waals surface area contributed by atoms with Crippen LogP contribution in [0.2, 0.25) is 5.02 Å². The van der Waals surface area contributed by atoms with E-state index in [1.165, 1.54) is 0 Å². The zero-order valence-corrected chi connectivity index (χ0v) is 14.9. The Morgan fingerprint density at radius 2 is 2.08 bits per heavy atom. The number of rotatable bonds is 5. The van der Waals surface area contributed by atoms with Gasteiger partial charge in [-0.2, -0.15) is 5.10 Å². The van der Waals surface area contributed by atoms with Gasteiger partial charge in [-0.25, -0.2) is 0 Å². The number of nitrogens with zero attached hydrogens (tertiary/aromatic N) is 1. The van der Waals surface area contributed by atoms with E-state index in [0.29, 0.717) is 35.0 Å². The summed E-state index contributed by atoms with van der Waals surface area (Å²) in [6, 6.07) is 3.55. The number of esters is 1. The number of benzene rings is 1. The molecule has 0 radical (unpaired) electrons. The average molecular weight is 364 g/mol. The highest BCUT2D eigenvalue weighted by Gasteiger charge is 2.25. The molecule has 0 saturated heterocycles. The van der Waals surface area contributed by atoms with Crippen LogP contribution in [0.25, 0.3) is 10.9 Å². The zero-order chi connectivity index (χ0) is 17.8. The van der Waals surface area contributed by atoms with Crippen molar-refractivity contribution in [1.82, 2.24) is 15.5 Å². The van der Waals surface area contributed by atoms with E-state index in [9.17, 15) is 9.59 Å². The molecule has 0 unspecified atom stereocenters. The van der Waals surface area contributed by atoms with Crippen LogP contribution in [0.3, 0.4) is 0 Å². The molecule has 2 aromatic rings. The molecule has 0 atom stereocenters. The van der Waals surface area contributed by atoms with Crippen LogP contribution in [0.4, 0.5) is 0 Å². The van der Waals surface area contributed by atoms with Gasteiger partial charge in [-0.15, -0.1) is 0 Å². The van der Waals surface area contributed by atoms with Crippen LogP contribution in [0.5, 0.6) is 0 Å². The monoisotopic (exact) mass is 363 g/mol. The number of ether oxygens (including phenoxy) is 1. The van der Waals surface area contributed by atoms with Crippen LogP contribution < -0.4 is 5.32 Å². The third kappa shape index (κ3) is 4.31. The minimum atomic E-state index is -0.148. The highest BCUT2D eigenvalue weighted by molar-refractivity contribution is 6.32. The quantitative estimate of drug-likeness (QED) is 0.797. The van der Waals surface area contributed by atoms with Crippen molar-refractivity contribution in [2.45, 2.75) is 45.1 Å². The van der Waals surface area contributed by atoms with Gasteiger partial charge in [-0.3, -0.25) is 14.7 Å². The highest BCUT2D eigenvalue weighted by Crippen LogP contribution is 2.28. The third-order valence-corrected chi connectivity index (χ3v) is 4.92. The maximum absolute atomic E-state index is 12.6. The van der Waals surface area contributed by atoms with E-state index in [1.807, 2.05) is 6.92 Å². The summed E-state index contributed by atoms with van der Waals surface area (Å²) in [6.45, 7) is 2.24. The van der Waals surface area contributed by atoms with Gasteiger partial charge in [-0.1, -0.05) is 11.6 Å². The number of hydrogen-bond acceptors (Lipinski definition) is 4. The lowest BCUT2D eigenvalue weighted by atomic mass is 9.84. The van der Waals surface area contributed by atoms with Gasteiger partial charge in [-0.05, 0) is 50.7 Å². The van der Waals surface area contributed by atoms with Crippen molar-refractivity contribution in [3.8, 4) is 0 Å². The molecule has 1 aliphatic rings. The standard InChI is InChI=1S/C18H22ClN3O3/c1-2-25-16(23)7-11-3-5-14(6-4-11)21-18(24)15-9-13(19)8-12-10-20-22-17(12)15/h8-11,14H,2-7H2,1H3,(H,20,22)(H,21,24). The Morgan fingerprint density at radius 1 is 1.32 bits per heavy atom. The summed E-state index contributed by atoms with van der Waals surface area (Å²) in [5, 5.41) is 11.2. The van der Waals surface area contributed by atoms with Crippen molar-refractivity contribution in [2.75, 3.05) is 6.61 Å². The predicted molar refractivity (Wildman–Crippen MR) is 95.6 cm³/mol. The zero-order valence-electron chi connectivity index (χ0n) is 14.2. The summed E-state index contributed by atoms with van der Waals surface area (Å²) < 4.78 is 5.01. The van der Waals surface area contributed by atoms with Crippen molar-refractivity contribution in [3.63, 3.8) is 0 Å². The molecule has 0 aliphatic heterocycles. The number of aromatic amines is 1. The normalized spacial score (nSPS) is 20.4. The van der Waals surface area contributed by atoms with E-state index in [0.717, 1.165) is 31.1 Å². The van der Waals surface area contributed by atoms with E-state index in [1.54, 1.807) is 18.3 Å². The van der Waals surface area contributed by atoms with Crippen molar-refractivity contribution in [1.29, 1.82) is 0 Å². The Labute approximate surface area is 151 Å². The SMILES string of the molecule is CCOC(=O)CC1CCC(NC(=O)c2cc(Cl)cc3cn[nH]c23)CC1. The molecule has 1 amide bonds. The Bertz CT molecular complexity index is 766. The number of carbonyl (C=O) groups is 2. The molecule has 1 heterocycles. The minimum Gasteiger partial charge on any atom is -0.466 e. The molecular weight excluding hydrogens is 342 g/mol. The lowest BCUT2D eigenvalue weighted by Gasteiger charge is -2.28. The molecule has 25 heavy (non-hydrogen) atoms. The fraction of sp³-hybridized carbons (Fsp3) is 0.500. The molecule has 3 rings (SSSR count). The maximum Gasteiger partial charge on any atom is 0.306 e. The van der Waals surface area contributed by atoms with Gasteiger partial charge in [0.1, 0.15) is 0 Å². The summed E-state index contributed by atoms with van der Waals surface area (Å²) >= 11 is 6.10. The van der Waals surface area contributed by atoms with Crippen molar-refractivity contribution < 1.29 is 14.3 Å². The van der Waals surface area contributed by atoms with Crippen molar-refractivity contribution in [3.05, 3.63) is 28.9 Å². The molecule has 7 heteroatoms. The third-order valence-electron chi connectivity index (χ3n) is 4.70. The second-order valence-corrected chi connectivity index (χ2v) is 6.92. The van der Waals surface area contributed by atoms with Crippen molar-refractivity contribution >= 4 is 34.4 Å². The Morgan fingerprint density at radius 3 is 2.80 bits per heavy atom. The van der Waals surface area contributed by atoms with Gasteiger partial charge in [0.25, 0.3) is 5.91 Å². The number of fused-ring (bicyclic) bond motifs is 1. The molecule has 1 aromatic carbocycles. The predicted octanol–water partition coefficient (Wildman–Crippen LogP) is 3.46. The summed E-state index contributed by atoms with van der Waals surface area (Å²) in [4.78, 5) is 24.2. The number of halogens is 1. The fourth-order valence-corrected chi connectivity index (χ4v) is 3.66. The fourth-order valence-electron chi connectivity index (χ4n) is 3.43. The molecule has 134 valence electrons. The van der Waals surface area contributed by atoms with Crippen LogP contribution in [0.15, 0.2) is 18.3 Å². The summed E-state index contributed by atoms with van der Waals surface area (Å²) in [7, 11) is 0. The first-order chi connectivity index (χ1) is 12.1. The molecule has 1 aliphatic carbocycles. The minimum absolute atomic E-state index is 0.114. The number of nitrogens with one attached hydrogen (secondary N) is 2. The van der Waals surface area contributed by atoms with Gasteiger partial charge in [0.15, 0.2) is 0 Å². The van der Waals surface area contributed by atoms with Crippen LogP contribution in [-0.4, -0.2) is 34.7 Å². The first-order valence-electron chi connectivity index (χ1n) is 8.66. The van der Waals surface area contributed by atoms with Gasteiger partial charge >= 0.3 is 5.97 Å². The smallest absolute Gasteiger partial charge is 0.306 e. The Hall–Kier alpha value is -2.08. The van der Waals surface area contributed by atoms with E-state index in [2.05, 4.69) is 15.5 Å². The first kappa shape index (κ1) is 17.7. The first-order valence-corrected chi connectivity index (χ1v) is 9.03. The molecule has 1 saturated carbocycles. The highest BCUT2D eigenvalue weighted by atomic mass is 35.5. The van der Waals surface area contributed by atoms with Gasteiger partial charge in [0.05, 0.1) is 23.9 Å². The van der Waals surface area contributed by atoms with Crippen molar-refractivity contribution in [2.24, 2.45) is 5.92 Å². The summed E-state index contributed by atoms with van der Waals surface area (Å²) in [5.74, 6) is 0.0684. The molecule has 0 spiro atoms. The lowest BCUT2D eigenvalue weighted by molar-refractivity contribution is -0.144. The van der Waals surface area contributed by atoms with Crippen LogP contribution >= 0.6 is 11.6 Å². The second-order valence-electron chi connectivity index (χ2n) is 6.49. The second kappa shape index (κ2) is 7.87. The molecule has 1 aromatic heterocycles. The van der Waals surface area contributed by atoms with Gasteiger partial charge in [0.2, 0.25) is 0 Å². The Balaban J connectivity index is 1.57. The number of H-pyrrole nitrogens is 1. The van der Waals surface area contributed by atoms with Crippen LogP contribution in [-0.2, 0) is 9.53 Å². The van der Waals surface area contributed by atoms with Gasteiger partial charge in [0, 0.05) is 22.9 Å². The lowest BCUT2D eigenvalue weighted by Crippen LogP contribution is -2.38. The topological polar surface area (TPSA) is 84.1 Å². The number of carbonyl (C=O) groups excluding carboxylic acids is 2. The molecule has 1 fully saturated rings. The molecule has 0 bridgehead atoms. The maximum atomic E-state index is 12.6. The van der Waals surface area contributed by atoms with E-state index in [-0.39, 0.29) is 17.9 Å². The number of amides is 1. The number of hydrogen-bond donors (Lipinski definition) is 2.